The van der Waals surface area contributed by atoms with Gasteiger partial charge >= 0.3 is 0 Å². The first kappa shape index (κ1) is 17.1. The van der Waals surface area contributed by atoms with Gasteiger partial charge in [-0.1, -0.05) is 0 Å². The summed E-state index contributed by atoms with van der Waals surface area (Å²) in [6.45, 7) is 9.31. The molecular formula is C17H29N2O3+. The maximum atomic E-state index is 10.0. The van der Waals surface area contributed by atoms with Crippen molar-refractivity contribution in [2.45, 2.75) is 26.1 Å². The minimum atomic E-state index is -0.370. The minimum Gasteiger partial charge on any atom is -0.497 e. The number of piperazine rings is 1. The lowest BCUT2D eigenvalue weighted by Gasteiger charge is -2.34. The van der Waals surface area contributed by atoms with E-state index in [1.165, 1.54) is 10.6 Å². The number of hydrogen-bond donors (Lipinski definition) is 2. The Bertz CT molecular complexity index is 428. The Morgan fingerprint density at radius 1 is 1.18 bits per heavy atom. The van der Waals surface area contributed by atoms with Crippen molar-refractivity contribution in [1.29, 1.82) is 0 Å². The van der Waals surface area contributed by atoms with Crippen molar-refractivity contribution >= 4 is 5.69 Å². The van der Waals surface area contributed by atoms with E-state index >= 15 is 0 Å². The van der Waals surface area contributed by atoms with Gasteiger partial charge in [0.25, 0.3) is 0 Å². The highest BCUT2D eigenvalue weighted by Crippen LogP contribution is 2.18. The molecule has 0 unspecified atom stereocenters. The standard InChI is InChI=1S/C17H28N2O3/c1-14(2)22-13-16(20)12-18-8-10-19(11-9-18)15-4-6-17(21-3)7-5-15/h4-7,14,16,20H,8-13H2,1-3H3/p+1/t16-/m0/s1. The number of quaternary nitrogens is 1. The summed E-state index contributed by atoms with van der Waals surface area (Å²) < 4.78 is 10.7. The quantitative estimate of drug-likeness (QED) is 0.755. The van der Waals surface area contributed by atoms with Gasteiger partial charge < -0.3 is 24.4 Å². The Balaban J connectivity index is 1.75. The van der Waals surface area contributed by atoms with Gasteiger partial charge in [-0.3, -0.25) is 0 Å². The summed E-state index contributed by atoms with van der Waals surface area (Å²) >= 11 is 0. The molecule has 5 heteroatoms. The lowest BCUT2D eigenvalue weighted by atomic mass is 10.2. The van der Waals surface area contributed by atoms with Crippen LogP contribution in [0.3, 0.4) is 0 Å². The van der Waals surface area contributed by atoms with Crippen molar-refractivity contribution in [3.05, 3.63) is 24.3 Å². The largest absolute Gasteiger partial charge is 0.497 e. The van der Waals surface area contributed by atoms with Gasteiger partial charge in [-0.15, -0.1) is 0 Å². The molecule has 1 aliphatic heterocycles. The minimum absolute atomic E-state index is 0.177. The molecule has 1 atom stereocenters. The molecule has 0 bridgehead atoms. The number of anilines is 1. The van der Waals surface area contributed by atoms with E-state index in [4.69, 9.17) is 9.47 Å². The molecule has 5 nitrogen and oxygen atoms in total. The van der Waals surface area contributed by atoms with E-state index in [1.807, 2.05) is 26.0 Å². The van der Waals surface area contributed by atoms with Crippen molar-refractivity contribution in [3.63, 3.8) is 0 Å². The van der Waals surface area contributed by atoms with Crippen LogP contribution in [0.25, 0.3) is 0 Å². The van der Waals surface area contributed by atoms with E-state index in [9.17, 15) is 5.11 Å². The number of ether oxygens (including phenoxy) is 2. The molecule has 22 heavy (non-hydrogen) atoms. The second-order valence-corrected chi connectivity index (χ2v) is 6.18. The third kappa shape index (κ3) is 5.16. The molecule has 2 N–H and O–H groups in total. The number of nitrogens with one attached hydrogen (secondary N) is 1. The number of rotatable bonds is 7. The number of benzene rings is 1. The van der Waals surface area contributed by atoms with Crippen LogP contribution in [0, 0.1) is 0 Å². The van der Waals surface area contributed by atoms with Crippen LogP contribution in [0.15, 0.2) is 24.3 Å². The first-order valence-corrected chi connectivity index (χ1v) is 8.10. The topological polar surface area (TPSA) is 46.4 Å². The van der Waals surface area contributed by atoms with Crippen LogP contribution in [-0.2, 0) is 4.74 Å². The smallest absolute Gasteiger partial charge is 0.126 e. The van der Waals surface area contributed by atoms with Crippen LogP contribution in [0.5, 0.6) is 5.75 Å². The van der Waals surface area contributed by atoms with E-state index in [0.717, 1.165) is 38.5 Å². The molecule has 0 saturated carbocycles. The Hall–Kier alpha value is -1.30. The average molecular weight is 309 g/mol. The molecular weight excluding hydrogens is 280 g/mol. The van der Waals surface area contributed by atoms with Gasteiger partial charge in [-0.05, 0) is 38.1 Å². The highest BCUT2D eigenvalue weighted by Gasteiger charge is 2.22. The molecule has 2 rings (SSSR count). The number of aliphatic hydroxyl groups excluding tert-OH is 1. The summed E-state index contributed by atoms with van der Waals surface area (Å²) in [5.74, 6) is 0.890. The fraction of sp³-hybridized carbons (Fsp3) is 0.647. The number of nitrogens with zero attached hydrogens (tertiary/aromatic N) is 1. The van der Waals surface area contributed by atoms with E-state index in [-0.39, 0.29) is 12.2 Å². The van der Waals surface area contributed by atoms with Crippen molar-refractivity contribution in [2.75, 3.05) is 51.3 Å². The molecule has 0 spiro atoms. The Kier molecular flexibility index (Phi) is 6.49. The second kappa shape index (κ2) is 8.36. The van der Waals surface area contributed by atoms with Crippen molar-refractivity contribution in [2.24, 2.45) is 0 Å². The third-order valence-corrected chi connectivity index (χ3v) is 4.05. The maximum absolute atomic E-state index is 10.0. The molecule has 0 amide bonds. The molecule has 1 aromatic rings. The van der Waals surface area contributed by atoms with Gasteiger partial charge in [0.15, 0.2) is 0 Å². The van der Waals surface area contributed by atoms with Gasteiger partial charge in [0, 0.05) is 5.69 Å². The maximum Gasteiger partial charge on any atom is 0.126 e. The SMILES string of the molecule is COc1ccc(N2CC[NH+](C[C@H](O)COC(C)C)CC2)cc1. The lowest BCUT2D eigenvalue weighted by molar-refractivity contribution is -0.903. The zero-order valence-corrected chi connectivity index (χ0v) is 13.9. The summed E-state index contributed by atoms with van der Waals surface area (Å²) in [7, 11) is 1.69. The van der Waals surface area contributed by atoms with E-state index in [1.54, 1.807) is 7.11 Å². The number of methoxy groups -OCH3 is 1. The summed E-state index contributed by atoms with van der Waals surface area (Å²) in [6.07, 6.45) is -0.193. The van der Waals surface area contributed by atoms with Crippen molar-refractivity contribution < 1.29 is 19.5 Å². The van der Waals surface area contributed by atoms with Crippen molar-refractivity contribution in [1.82, 2.24) is 0 Å². The third-order valence-electron chi connectivity index (χ3n) is 4.05. The molecule has 1 heterocycles. The van der Waals surface area contributed by atoms with E-state index < -0.39 is 0 Å². The second-order valence-electron chi connectivity index (χ2n) is 6.18. The van der Waals surface area contributed by atoms with Crippen LogP contribution in [0.1, 0.15) is 13.8 Å². The summed E-state index contributed by atoms with van der Waals surface area (Å²) in [6, 6.07) is 8.22. The van der Waals surface area contributed by atoms with Crippen LogP contribution in [-0.4, -0.2) is 63.8 Å². The summed E-state index contributed by atoms with van der Waals surface area (Å²) in [4.78, 5) is 3.84. The number of hydrogen-bond acceptors (Lipinski definition) is 4. The average Bonchev–Trinajstić information content (AvgIpc) is 2.54. The van der Waals surface area contributed by atoms with Crippen LogP contribution < -0.4 is 14.5 Å². The molecule has 1 aromatic carbocycles. The van der Waals surface area contributed by atoms with Gasteiger partial charge in [0.05, 0.1) is 46.0 Å². The first-order valence-electron chi connectivity index (χ1n) is 8.10. The van der Waals surface area contributed by atoms with E-state index in [2.05, 4.69) is 17.0 Å². The molecule has 0 aromatic heterocycles. The van der Waals surface area contributed by atoms with Gasteiger partial charge in [-0.2, -0.15) is 0 Å². The lowest BCUT2D eigenvalue weighted by Crippen LogP contribution is -3.16. The van der Waals surface area contributed by atoms with Crippen LogP contribution >= 0.6 is 0 Å². The highest BCUT2D eigenvalue weighted by molar-refractivity contribution is 5.49. The normalized spacial score (nSPS) is 17.8. The van der Waals surface area contributed by atoms with Gasteiger partial charge in [-0.25, -0.2) is 0 Å². The fourth-order valence-electron chi connectivity index (χ4n) is 2.77. The molecule has 1 fully saturated rings. The van der Waals surface area contributed by atoms with E-state index in [0.29, 0.717) is 6.61 Å². The van der Waals surface area contributed by atoms with Crippen LogP contribution in [0.4, 0.5) is 5.69 Å². The summed E-state index contributed by atoms with van der Waals surface area (Å²) in [5, 5.41) is 10.0. The van der Waals surface area contributed by atoms with Crippen LogP contribution in [0.2, 0.25) is 0 Å². The van der Waals surface area contributed by atoms with Gasteiger partial charge in [0.1, 0.15) is 18.4 Å². The molecule has 0 radical (unpaired) electrons. The molecule has 124 valence electrons. The first-order chi connectivity index (χ1) is 10.6. The van der Waals surface area contributed by atoms with Crippen molar-refractivity contribution in [3.8, 4) is 5.75 Å². The molecule has 0 aliphatic carbocycles. The zero-order valence-electron chi connectivity index (χ0n) is 13.9. The Morgan fingerprint density at radius 2 is 1.82 bits per heavy atom. The predicted molar refractivity (Wildman–Crippen MR) is 87.9 cm³/mol. The molecule has 1 aliphatic rings. The molecule has 1 saturated heterocycles. The predicted octanol–water partition coefficient (Wildman–Crippen LogP) is 0.186. The van der Waals surface area contributed by atoms with Gasteiger partial charge in [0.2, 0.25) is 0 Å². The monoisotopic (exact) mass is 309 g/mol. The Morgan fingerprint density at radius 3 is 2.36 bits per heavy atom. The zero-order chi connectivity index (χ0) is 15.9. The Labute approximate surface area is 133 Å². The number of aliphatic hydroxyl groups is 1. The highest BCUT2D eigenvalue weighted by atomic mass is 16.5. The summed E-state index contributed by atoms with van der Waals surface area (Å²) in [5.41, 5.74) is 1.24. The fourth-order valence-corrected chi connectivity index (χ4v) is 2.77.